The summed E-state index contributed by atoms with van der Waals surface area (Å²) in [6.45, 7) is 9.48. The van der Waals surface area contributed by atoms with E-state index in [0.717, 1.165) is 32.2 Å². The Balaban J connectivity index is 2.44. The molecule has 0 bridgehead atoms. The summed E-state index contributed by atoms with van der Waals surface area (Å²) in [5.41, 5.74) is 0.261. The van der Waals surface area contributed by atoms with Crippen molar-refractivity contribution in [2.75, 3.05) is 26.2 Å². The summed E-state index contributed by atoms with van der Waals surface area (Å²) in [5.74, 6) is -2.74. The van der Waals surface area contributed by atoms with E-state index in [1.807, 2.05) is 20.8 Å². The van der Waals surface area contributed by atoms with E-state index < -0.39 is 17.4 Å². The van der Waals surface area contributed by atoms with E-state index in [0.29, 0.717) is 5.56 Å². The number of halogens is 2. The van der Waals surface area contributed by atoms with Gasteiger partial charge >= 0.3 is 0 Å². The lowest BCUT2D eigenvalue weighted by Gasteiger charge is -2.42. The second-order valence-electron chi connectivity index (χ2n) is 6.35. The molecule has 1 aromatic carbocycles. The first-order valence-corrected chi connectivity index (χ1v) is 6.94. The van der Waals surface area contributed by atoms with Gasteiger partial charge in [0.25, 0.3) is 0 Å². The maximum absolute atomic E-state index is 13.7. The van der Waals surface area contributed by atoms with Gasteiger partial charge in [-0.25, -0.2) is 4.39 Å². The molecule has 1 atom stereocenters. The number of phenolic OH excluding ortho intramolecular Hbond substituents is 1. The summed E-state index contributed by atoms with van der Waals surface area (Å²) in [5, 5.41) is 13.3. The number of phenols is 1. The van der Waals surface area contributed by atoms with Gasteiger partial charge in [-0.2, -0.15) is 4.39 Å². The summed E-state index contributed by atoms with van der Waals surface area (Å²) in [6, 6.07) is 2.43. The van der Waals surface area contributed by atoms with E-state index in [4.69, 9.17) is 0 Å². The Morgan fingerprint density at radius 3 is 2.35 bits per heavy atom. The fourth-order valence-electron chi connectivity index (χ4n) is 2.93. The van der Waals surface area contributed by atoms with Crippen LogP contribution in [-0.2, 0) is 0 Å². The highest BCUT2D eigenvalue weighted by atomic mass is 19.2. The lowest BCUT2D eigenvalue weighted by atomic mass is 9.80. The van der Waals surface area contributed by atoms with Crippen LogP contribution in [0.3, 0.4) is 0 Å². The first-order chi connectivity index (χ1) is 9.32. The number of nitrogens with one attached hydrogen (secondary N) is 1. The summed E-state index contributed by atoms with van der Waals surface area (Å²) < 4.78 is 26.9. The standard InChI is InChI=1S/C15H22F2N2O/c1-15(2,3)14(19-8-6-18-7-9-19)10-4-5-11(16)12(17)13(10)20/h4-5,14,18,20H,6-9H2,1-3H3/t14-/m0/s1. The van der Waals surface area contributed by atoms with Crippen LogP contribution in [0.25, 0.3) is 0 Å². The minimum atomic E-state index is -1.16. The van der Waals surface area contributed by atoms with E-state index in [9.17, 15) is 13.9 Å². The molecule has 3 nitrogen and oxygen atoms in total. The minimum absolute atomic E-state index is 0.153. The van der Waals surface area contributed by atoms with E-state index in [1.165, 1.54) is 6.07 Å². The molecule has 0 unspecified atom stereocenters. The lowest BCUT2D eigenvalue weighted by Crippen LogP contribution is -2.48. The molecular weight excluding hydrogens is 262 g/mol. The molecule has 0 aliphatic carbocycles. The Morgan fingerprint density at radius 1 is 1.20 bits per heavy atom. The van der Waals surface area contributed by atoms with Gasteiger partial charge in [0.1, 0.15) is 0 Å². The normalized spacial score (nSPS) is 19.1. The Hall–Kier alpha value is -1.20. The summed E-state index contributed by atoms with van der Waals surface area (Å²) in [7, 11) is 0. The van der Waals surface area contributed by atoms with Crippen LogP contribution in [0.15, 0.2) is 12.1 Å². The molecule has 2 N–H and O–H groups in total. The topological polar surface area (TPSA) is 35.5 Å². The Morgan fingerprint density at radius 2 is 1.80 bits per heavy atom. The summed E-state index contributed by atoms with van der Waals surface area (Å²) in [4.78, 5) is 2.21. The number of hydrogen-bond donors (Lipinski definition) is 2. The number of hydrogen-bond acceptors (Lipinski definition) is 3. The van der Waals surface area contributed by atoms with E-state index in [1.54, 1.807) is 0 Å². The molecule has 0 spiro atoms. The van der Waals surface area contributed by atoms with Crippen molar-refractivity contribution < 1.29 is 13.9 Å². The van der Waals surface area contributed by atoms with E-state index >= 15 is 0 Å². The van der Waals surface area contributed by atoms with Gasteiger partial charge in [0, 0.05) is 37.8 Å². The fraction of sp³-hybridized carbons (Fsp3) is 0.600. The third-order valence-electron chi connectivity index (χ3n) is 3.73. The predicted octanol–water partition coefficient (Wildman–Crippen LogP) is 2.66. The van der Waals surface area contributed by atoms with Gasteiger partial charge in [-0.3, -0.25) is 4.90 Å². The largest absolute Gasteiger partial charge is 0.505 e. The number of piperazine rings is 1. The average Bonchev–Trinajstić information content (AvgIpc) is 2.39. The van der Waals surface area contributed by atoms with Gasteiger partial charge < -0.3 is 10.4 Å². The molecule has 1 aliphatic heterocycles. The van der Waals surface area contributed by atoms with Crippen molar-refractivity contribution in [1.29, 1.82) is 0 Å². The highest BCUT2D eigenvalue weighted by Crippen LogP contribution is 2.42. The van der Waals surface area contributed by atoms with Crippen LogP contribution in [0.1, 0.15) is 32.4 Å². The predicted molar refractivity (Wildman–Crippen MR) is 74.7 cm³/mol. The Kier molecular flexibility index (Phi) is 4.30. The maximum Gasteiger partial charge on any atom is 0.200 e. The molecular formula is C15H22F2N2O. The molecule has 0 amide bonds. The average molecular weight is 284 g/mol. The van der Waals surface area contributed by atoms with E-state index in [2.05, 4.69) is 10.2 Å². The number of aromatic hydroxyl groups is 1. The fourth-order valence-corrected chi connectivity index (χ4v) is 2.93. The Labute approximate surface area is 118 Å². The number of benzene rings is 1. The van der Waals surface area contributed by atoms with Gasteiger partial charge in [0.15, 0.2) is 11.6 Å². The molecule has 0 saturated carbocycles. The van der Waals surface area contributed by atoms with Crippen LogP contribution in [-0.4, -0.2) is 36.2 Å². The van der Waals surface area contributed by atoms with Gasteiger partial charge in [0.2, 0.25) is 5.82 Å². The van der Waals surface area contributed by atoms with Crippen molar-refractivity contribution in [2.45, 2.75) is 26.8 Å². The van der Waals surface area contributed by atoms with E-state index in [-0.39, 0.29) is 11.5 Å². The molecule has 1 aromatic rings. The van der Waals surface area contributed by atoms with Gasteiger partial charge in [-0.05, 0) is 11.5 Å². The van der Waals surface area contributed by atoms with Crippen LogP contribution < -0.4 is 5.32 Å². The van der Waals surface area contributed by atoms with Crippen LogP contribution in [0.4, 0.5) is 8.78 Å². The smallest absolute Gasteiger partial charge is 0.200 e. The highest BCUT2D eigenvalue weighted by Gasteiger charge is 2.35. The molecule has 5 heteroatoms. The molecule has 0 aromatic heterocycles. The SMILES string of the molecule is CC(C)(C)[C@H](c1ccc(F)c(F)c1O)N1CCNCC1. The second kappa shape index (κ2) is 5.66. The van der Waals surface area contributed by atoms with Crippen molar-refractivity contribution in [2.24, 2.45) is 5.41 Å². The molecule has 1 saturated heterocycles. The lowest BCUT2D eigenvalue weighted by molar-refractivity contribution is 0.0836. The maximum atomic E-state index is 13.7. The van der Waals surface area contributed by atoms with Crippen molar-refractivity contribution in [3.8, 4) is 5.75 Å². The number of rotatable bonds is 2. The van der Waals surface area contributed by atoms with Gasteiger partial charge in [0.05, 0.1) is 0 Å². The molecule has 112 valence electrons. The zero-order valence-electron chi connectivity index (χ0n) is 12.2. The first kappa shape index (κ1) is 15.2. The van der Waals surface area contributed by atoms with Gasteiger partial charge in [-0.1, -0.05) is 26.8 Å². The van der Waals surface area contributed by atoms with Gasteiger partial charge in [-0.15, -0.1) is 0 Å². The molecule has 1 aliphatic rings. The van der Waals surface area contributed by atoms with Crippen LogP contribution >= 0.6 is 0 Å². The Bertz CT molecular complexity index is 479. The zero-order valence-corrected chi connectivity index (χ0v) is 12.2. The monoisotopic (exact) mass is 284 g/mol. The summed E-state index contributed by atoms with van der Waals surface area (Å²) >= 11 is 0. The van der Waals surface area contributed by atoms with Crippen molar-refractivity contribution >= 4 is 0 Å². The van der Waals surface area contributed by atoms with Crippen molar-refractivity contribution in [3.63, 3.8) is 0 Å². The van der Waals surface area contributed by atoms with Crippen LogP contribution in [0.5, 0.6) is 5.75 Å². The molecule has 20 heavy (non-hydrogen) atoms. The molecule has 1 fully saturated rings. The zero-order chi connectivity index (χ0) is 14.9. The molecule has 1 heterocycles. The first-order valence-electron chi connectivity index (χ1n) is 6.94. The van der Waals surface area contributed by atoms with Crippen LogP contribution in [0, 0.1) is 17.0 Å². The number of nitrogens with zero attached hydrogens (tertiary/aromatic N) is 1. The molecule has 2 rings (SSSR count). The highest BCUT2D eigenvalue weighted by molar-refractivity contribution is 5.38. The minimum Gasteiger partial charge on any atom is -0.505 e. The summed E-state index contributed by atoms with van der Waals surface area (Å²) in [6.07, 6.45) is 0. The van der Waals surface area contributed by atoms with Crippen molar-refractivity contribution in [3.05, 3.63) is 29.3 Å². The van der Waals surface area contributed by atoms with Crippen LogP contribution in [0.2, 0.25) is 0 Å². The second-order valence-corrected chi connectivity index (χ2v) is 6.35. The third kappa shape index (κ3) is 2.94. The molecule has 0 radical (unpaired) electrons. The quantitative estimate of drug-likeness (QED) is 0.876. The van der Waals surface area contributed by atoms with Crippen molar-refractivity contribution in [1.82, 2.24) is 10.2 Å². The third-order valence-corrected chi connectivity index (χ3v) is 3.73.